The van der Waals surface area contributed by atoms with Crippen molar-refractivity contribution in [3.8, 4) is 5.75 Å². The standard InChI is InChI=1S/C20H24F3I2N2O6/c1-3-11-33-19(31)25(10-9-17(29)32-4-2)27-18(30)16(24-26-13-20(21,22)23)12-14-5-7-15(28)8-6-14/h3-8,16,26,28H,1-2,9-13H2,(H,27,30)/q-1. The van der Waals surface area contributed by atoms with Crippen LogP contribution in [0.3, 0.4) is 0 Å². The first kappa shape index (κ1) is 29.2. The van der Waals surface area contributed by atoms with E-state index in [1.807, 2.05) is 0 Å². The van der Waals surface area contributed by atoms with Gasteiger partial charge in [0.15, 0.2) is 0 Å². The van der Waals surface area contributed by atoms with Crippen molar-refractivity contribution in [1.29, 1.82) is 0 Å². The second kappa shape index (κ2) is 15.1. The Hall–Kier alpha value is -1.88. The predicted octanol–water partition coefficient (Wildman–Crippen LogP) is 0.396. The van der Waals surface area contributed by atoms with Gasteiger partial charge in [-0.25, -0.2) is 0 Å². The van der Waals surface area contributed by atoms with Gasteiger partial charge in [0.1, 0.15) is 0 Å². The molecule has 0 heterocycles. The quantitative estimate of drug-likeness (QED) is 0.0491. The van der Waals surface area contributed by atoms with Gasteiger partial charge in [0.2, 0.25) is 0 Å². The Morgan fingerprint density at radius 1 is 1.21 bits per heavy atom. The van der Waals surface area contributed by atoms with Crippen LogP contribution >= 0.6 is 20.1 Å². The van der Waals surface area contributed by atoms with E-state index in [4.69, 9.17) is 4.74 Å². The number of aromatic hydroxyl groups is 1. The molecule has 1 rings (SSSR count). The van der Waals surface area contributed by atoms with Crippen molar-refractivity contribution in [2.24, 2.45) is 0 Å². The Morgan fingerprint density at radius 2 is 1.88 bits per heavy atom. The van der Waals surface area contributed by atoms with Gasteiger partial charge in [-0.1, -0.05) is 0 Å². The predicted molar refractivity (Wildman–Crippen MR) is 119 cm³/mol. The van der Waals surface area contributed by atoms with Gasteiger partial charge in [-0.15, -0.1) is 0 Å². The van der Waals surface area contributed by atoms with Gasteiger partial charge >= 0.3 is 208 Å². The van der Waals surface area contributed by atoms with E-state index in [1.165, 1.54) is 18.2 Å². The summed E-state index contributed by atoms with van der Waals surface area (Å²) < 4.78 is 50.8. The molecule has 1 aromatic rings. The molecule has 0 aliphatic rings. The number of nitrogens with one attached hydrogen (secondary N) is 2. The van der Waals surface area contributed by atoms with Crippen molar-refractivity contribution in [2.45, 2.75) is 22.9 Å². The second-order valence-corrected chi connectivity index (χ2v) is 13.6. The number of ether oxygens (including phenoxy) is 2. The summed E-state index contributed by atoms with van der Waals surface area (Å²) in [5.74, 6) is -1.23. The van der Waals surface area contributed by atoms with Gasteiger partial charge in [-0.3, -0.25) is 0 Å². The van der Waals surface area contributed by atoms with E-state index in [9.17, 15) is 32.7 Å². The number of phenols is 1. The summed E-state index contributed by atoms with van der Waals surface area (Å²) in [5.41, 5.74) is 0.630. The molecule has 33 heavy (non-hydrogen) atoms. The van der Waals surface area contributed by atoms with E-state index in [2.05, 4.69) is 25.0 Å². The number of carbonyl (C=O) groups excluding carboxylic acids is 3. The molecule has 0 spiro atoms. The third-order valence-corrected chi connectivity index (χ3v) is 10.3. The molecule has 1 atom stereocenters. The molecule has 1 aromatic carbocycles. The summed E-state index contributed by atoms with van der Waals surface area (Å²) in [6.07, 6.45) is -2.20. The first-order valence-electron chi connectivity index (χ1n) is 9.30. The second-order valence-electron chi connectivity index (χ2n) is 6.13. The van der Waals surface area contributed by atoms with Gasteiger partial charge in [-0.2, -0.15) is 0 Å². The fourth-order valence-corrected chi connectivity index (χ4v) is 8.51. The third-order valence-electron chi connectivity index (χ3n) is 3.52. The van der Waals surface area contributed by atoms with Crippen LogP contribution in [0.15, 0.2) is 49.8 Å². The Kier molecular flexibility index (Phi) is 13.3. The summed E-state index contributed by atoms with van der Waals surface area (Å²) >= 11 is -4.53. The van der Waals surface area contributed by atoms with Crippen molar-refractivity contribution < 1.29 is 63.6 Å². The number of amides is 1. The third kappa shape index (κ3) is 12.8. The summed E-state index contributed by atoms with van der Waals surface area (Å²) in [7, 11) is 0. The number of halogens is 5. The maximum atomic E-state index is 13.0. The number of hydrogen-bond donors (Lipinski definition) is 3. The summed E-state index contributed by atoms with van der Waals surface area (Å²) in [6.45, 7) is 5.38. The van der Waals surface area contributed by atoms with E-state index in [0.29, 0.717) is 5.56 Å². The molecule has 0 saturated carbocycles. The summed E-state index contributed by atoms with van der Waals surface area (Å²) in [4.78, 5) is 37.0. The molecule has 3 N–H and O–H groups in total. The summed E-state index contributed by atoms with van der Waals surface area (Å²) in [5, 5.41) is 9.42. The van der Waals surface area contributed by atoms with Gasteiger partial charge in [0.25, 0.3) is 0 Å². The average molecular weight is 699 g/mol. The van der Waals surface area contributed by atoms with Crippen LogP contribution < -0.4 is 28.5 Å². The van der Waals surface area contributed by atoms with E-state index >= 15 is 0 Å². The van der Waals surface area contributed by atoms with E-state index in [-0.39, 0.29) is 29.6 Å². The fraction of sp³-hybridized carbons (Fsp3) is 0.350. The molecule has 0 radical (unpaired) electrons. The van der Waals surface area contributed by atoms with Crippen LogP contribution in [0.5, 0.6) is 5.75 Å². The number of rotatable bonds is 14. The molecule has 186 valence electrons. The van der Waals surface area contributed by atoms with Crippen molar-refractivity contribution >= 4 is 35.9 Å². The fourth-order valence-electron chi connectivity index (χ4n) is 2.08. The van der Waals surface area contributed by atoms with Gasteiger partial charge in [0, 0.05) is 0 Å². The van der Waals surface area contributed by atoms with Crippen LogP contribution in [0, 0.1) is 0 Å². The van der Waals surface area contributed by atoms with Gasteiger partial charge in [0.05, 0.1) is 0 Å². The molecule has 0 aliphatic heterocycles. The molecular weight excluding hydrogens is 675 g/mol. The molecule has 0 aliphatic carbocycles. The number of alkyl halides is 5. The van der Waals surface area contributed by atoms with Gasteiger partial charge in [-0.05, 0) is 0 Å². The number of hydrogen-bond acceptors (Lipinski definition) is 7. The Labute approximate surface area is 207 Å². The molecule has 0 fully saturated rings. The molecule has 1 unspecified atom stereocenters. The average Bonchev–Trinajstić information content (AvgIpc) is 2.74. The molecule has 1 amide bonds. The number of benzene rings is 1. The molecule has 13 heteroatoms. The van der Waals surface area contributed by atoms with Crippen LogP contribution in [0.1, 0.15) is 12.0 Å². The van der Waals surface area contributed by atoms with Crippen LogP contribution in [0.2, 0.25) is 0 Å². The minimum absolute atomic E-state index is 0.00874. The van der Waals surface area contributed by atoms with Crippen LogP contribution in [-0.2, 0) is 25.5 Å². The van der Waals surface area contributed by atoms with E-state index < -0.39 is 74.1 Å². The normalized spacial score (nSPS) is 12.4. The molecule has 0 saturated heterocycles. The monoisotopic (exact) mass is 699 g/mol. The van der Waals surface area contributed by atoms with Crippen LogP contribution in [-0.4, -0.2) is 48.6 Å². The first-order chi connectivity index (χ1) is 15.6. The molecule has 8 nitrogen and oxygen atoms in total. The van der Waals surface area contributed by atoms with Crippen molar-refractivity contribution in [2.75, 3.05) is 17.6 Å². The van der Waals surface area contributed by atoms with Crippen LogP contribution in [0.4, 0.5) is 18.0 Å². The Bertz CT molecular complexity index is 821. The minimum atomic E-state index is -4.43. The maximum absolute atomic E-state index is 13.0. The zero-order valence-electron chi connectivity index (χ0n) is 17.4. The number of esters is 1. The zero-order valence-corrected chi connectivity index (χ0v) is 21.7. The number of carbonyl (C=O) groups is 3. The van der Waals surface area contributed by atoms with Gasteiger partial charge < -0.3 is 0 Å². The van der Waals surface area contributed by atoms with Crippen molar-refractivity contribution in [3.05, 3.63) is 55.3 Å². The van der Waals surface area contributed by atoms with Crippen molar-refractivity contribution in [1.82, 2.24) is 7.06 Å². The Morgan fingerprint density at radius 3 is 2.45 bits per heavy atom. The molecule has 0 bridgehead atoms. The van der Waals surface area contributed by atoms with Crippen molar-refractivity contribution in [3.63, 3.8) is 0 Å². The summed E-state index contributed by atoms with van der Waals surface area (Å²) in [6, 6.07) is 5.93. The van der Waals surface area contributed by atoms with Crippen LogP contribution in [0.25, 0.3) is 0 Å². The molecule has 0 aromatic heterocycles. The number of phenolic OH excluding ortho intramolecular Hbond substituents is 1. The topological polar surface area (TPSA) is 114 Å². The molecular formula is C20H24F3I2N2O6-. The van der Waals surface area contributed by atoms with E-state index in [0.717, 1.165) is 6.26 Å². The Balaban J connectivity index is 2.95. The zero-order chi connectivity index (χ0) is 24.9. The first-order valence-corrected chi connectivity index (χ1v) is 15.3. The van der Waals surface area contributed by atoms with E-state index in [1.54, 1.807) is 12.1 Å². The SMILES string of the molecule is C=CCOC(=O)I(CCC(=O)OC=C)NC(=O)C(Cc1ccc(O)cc1)[I-]NCC(F)(F)F.